The molecule has 8 heteroatoms. The molecule has 0 amide bonds. The van der Waals surface area contributed by atoms with Crippen LogP contribution in [0.3, 0.4) is 0 Å². The molecule has 0 radical (unpaired) electrons. The van der Waals surface area contributed by atoms with Gasteiger partial charge in [-0.25, -0.2) is 0 Å². The van der Waals surface area contributed by atoms with E-state index in [1.54, 1.807) is 23.5 Å². The summed E-state index contributed by atoms with van der Waals surface area (Å²) in [5.41, 5.74) is 11.3. The van der Waals surface area contributed by atoms with Gasteiger partial charge in [-0.1, -0.05) is 113 Å². The maximum Gasteiger partial charge on any atom is 4.00 e. The second-order valence-electron chi connectivity index (χ2n) is 16.7. The van der Waals surface area contributed by atoms with Crippen molar-refractivity contribution in [2.45, 2.75) is 113 Å². The minimum absolute atomic E-state index is 0. The molecule has 0 bridgehead atoms. The molecule has 5 aromatic carbocycles. The van der Waals surface area contributed by atoms with Crippen LogP contribution in [-0.4, -0.2) is 22.6 Å². The van der Waals surface area contributed by atoms with Crippen LogP contribution in [0.2, 0.25) is 0 Å². The fraction of sp³-hybridized carbons (Fsp3) is 0.288. The molecule has 1 aliphatic carbocycles. The summed E-state index contributed by atoms with van der Waals surface area (Å²) in [6.45, 7) is 23.5. The first-order valence-corrected chi connectivity index (χ1v) is 25.8. The Balaban J connectivity index is 0.000000184. The van der Waals surface area contributed by atoms with Crippen molar-refractivity contribution in [3.05, 3.63) is 177 Å². The van der Waals surface area contributed by atoms with Crippen LogP contribution in [0.4, 0.5) is 11.4 Å². The molecular weight excluding hydrogens is 845 g/mol. The van der Waals surface area contributed by atoms with E-state index in [1.807, 2.05) is 97.4 Å². The topological polar surface area (TPSA) is 60.2 Å². The van der Waals surface area contributed by atoms with Crippen molar-refractivity contribution in [1.82, 2.24) is 0 Å². The molecular formula is C52H59NO2P2S2Ti+2. The third kappa shape index (κ3) is 11.3. The van der Waals surface area contributed by atoms with Gasteiger partial charge in [0, 0.05) is 30.5 Å². The van der Waals surface area contributed by atoms with E-state index >= 15 is 0 Å². The first-order valence-electron chi connectivity index (χ1n) is 20.8. The van der Waals surface area contributed by atoms with Crippen molar-refractivity contribution < 1.29 is 31.9 Å². The van der Waals surface area contributed by atoms with Crippen LogP contribution in [-0.2, 0) is 21.7 Å². The van der Waals surface area contributed by atoms with Gasteiger partial charge in [0.1, 0.15) is 0 Å². The molecule has 2 heterocycles. The number of hydrogen-bond acceptors (Lipinski definition) is 4. The van der Waals surface area contributed by atoms with E-state index in [2.05, 4.69) is 106 Å². The SMILES string of the molecule is Cc1ccc([N-]c2ccc(C)cc2[PH+](C(C)C)C(C)C)c([PH+](C(C)C)C(C)C)c1.[O-]C1=C2C=C[CH-]C=C2Sc2ccccc21.[O-]C1c2ccccc2Sc2ccccc21.[Ti+4]. The summed E-state index contributed by atoms with van der Waals surface area (Å²) in [5.74, 6) is 0.139. The van der Waals surface area contributed by atoms with Crippen LogP contribution in [0.5, 0.6) is 0 Å². The van der Waals surface area contributed by atoms with Crippen molar-refractivity contribution in [3.8, 4) is 0 Å². The number of benzene rings is 5. The van der Waals surface area contributed by atoms with Crippen molar-refractivity contribution in [2.24, 2.45) is 0 Å². The average molecular weight is 904 g/mol. The fourth-order valence-electron chi connectivity index (χ4n) is 8.28. The van der Waals surface area contributed by atoms with E-state index in [9.17, 15) is 10.2 Å². The predicted molar refractivity (Wildman–Crippen MR) is 261 cm³/mol. The average Bonchev–Trinajstić information content (AvgIpc) is 3.20. The quantitative estimate of drug-likeness (QED) is 0.0884. The van der Waals surface area contributed by atoms with Crippen molar-refractivity contribution >= 4 is 67.1 Å². The molecule has 0 unspecified atom stereocenters. The van der Waals surface area contributed by atoms with Gasteiger partial charge >= 0.3 is 21.7 Å². The Morgan fingerprint density at radius 2 is 1.05 bits per heavy atom. The van der Waals surface area contributed by atoms with Gasteiger partial charge in [-0.05, 0) is 127 Å². The smallest absolute Gasteiger partial charge is 0.873 e. The summed E-state index contributed by atoms with van der Waals surface area (Å²) in [4.78, 5) is 4.30. The minimum Gasteiger partial charge on any atom is -0.873 e. The Morgan fingerprint density at radius 3 is 1.53 bits per heavy atom. The van der Waals surface area contributed by atoms with Crippen LogP contribution in [0.15, 0.2) is 153 Å². The number of fused-ring (bicyclic) bond motifs is 4. The molecule has 308 valence electrons. The molecule has 5 aromatic rings. The number of hydrogen-bond donors (Lipinski definition) is 0. The standard InChI is InChI=1S/C26H40NP2.2C13H9OS.Ti/c1-17(2)28(18(3)4)25-15-21(9)11-13-23(25)27-24-14-12-22(10)16-26(24)29(19(5)6)20(7)8;2*14-13-9-5-1-3-7-11(9)15-12-8-4-2-6-10(12)13;/h11-20H,1-10H3;1-8,14H;1-8,13H;/q3*-1;+4/p+1. The van der Waals surface area contributed by atoms with E-state index in [0.717, 1.165) is 41.9 Å². The van der Waals surface area contributed by atoms with Gasteiger partial charge in [-0.3, -0.25) is 0 Å². The van der Waals surface area contributed by atoms with Crippen molar-refractivity contribution in [3.63, 3.8) is 0 Å². The molecule has 0 N–H and O–H groups in total. The van der Waals surface area contributed by atoms with Crippen molar-refractivity contribution in [2.75, 3.05) is 0 Å². The molecule has 0 aromatic heterocycles. The molecule has 0 atom stereocenters. The Morgan fingerprint density at radius 1 is 0.600 bits per heavy atom. The van der Waals surface area contributed by atoms with Crippen molar-refractivity contribution in [1.29, 1.82) is 0 Å². The number of thioether (sulfide) groups is 1. The van der Waals surface area contributed by atoms with Gasteiger partial charge in [-0.2, -0.15) is 36.4 Å². The molecule has 0 saturated carbocycles. The van der Waals surface area contributed by atoms with Gasteiger partial charge in [-0.15, -0.1) is 11.3 Å². The second kappa shape index (κ2) is 21.9. The van der Waals surface area contributed by atoms with Crippen LogP contribution < -0.4 is 20.8 Å². The molecule has 0 spiro atoms. The summed E-state index contributed by atoms with van der Waals surface area (Å²) < 4.78 is 0. The van der Waals surface area contributed by atoms with Crippen LogP contribution in [0.25, 0.3) is 11.1 Å². The van der Waals surface area contributed by atoms with Gasteiger partial charge in [0.15, 0.2) is 0 Å². The molecule has 0 fully saturated rings. The van der Waals surface area contributed by atoms with E-state index in [-0.39, 0.29) is 27.5 Å². The zero-order valence-corrected chi connectivity index (χ0v) is 41.9. The number of aryl methyl sites for hydroxylation is 2. The molecule has 3 nitrogen and oxygen atoms in total. The van der Waals surface area contributed by atoms with Crippen LogP contribution in [0.1, 0.15) is 89.3 Å². The minimum atomic E-state index is -0.723. The Kier molecular flexibility index (Phi) is 17.5. The summed E-state index contributed by atoms with van der Waals surface area (Å²) >= 11 is 3.35. The maximum atomic E-state index is 12.2. The number of rotatable bonds is 8. The molecule has 3 aliphatic rings. The zero-order chi connectivity index (χ0) is 42.4. The van der Waals surface area contributed by atoms with Gasteiger partial charge in [0.2, 0.25) is 0 Å². The largest absolute Gasteiger partial charge is 4.00 e. The summed E-state index contributed by atoms with van der Waals surface area (Å²) in [6, 6.07) is 37.3. The normalized spacial score (nSPS) is 14.0. The summed E-state index contributed by atoms with van der Waals surface area (Å²) in [5, 5.41) is 32.6. The monoisotopic (exact) mass is 903 g/mol. The second-order valence-corrected chi connectivity index (χ2v) is 26.3. The maximum absolute atomic E-state index is 12.2. The third-order valence-corrected chi connectivity index (χ3v) is 20.1. The third-order valence-electron chi connectivity index (χ3n) is 10.8. The van der Waals surface area contributed by atoms with Gasteiger partial charge < -0.3 is 15.5 Å². The van der Waals surface area contributed by atoms with E-state index in [4.69, 9.17) is 5.32 Å². The first kappa shape index (κ1) is 48.1. The summed E-state index contributed by atoms with van der Waals surface area (Å²) in [6.07, 6.45) is 7.03. The molecule has 2 aliphatic heterocycles. The summed E-state index contributed by atoms with van der Waals surface area (Å²) in [7, 11) is -1.37. The van der Waals surface area contributed by atoms with Gasteiger partial charge in [0.05, 0.1) is 33.2 Å². The van der Waals surface area contributed by atoms with E-state index in [0.29, 0.717) is 22.6 Å². The van der Waals surface area contributed by atoms with Crippen LogP contribution in [0, 0.1) is 20.3 Å². The van der Waals surface area contributed by atoms with E-state index < -0.39 is 21.9 Å². The number of nitrogens with zero attached hydrogens (tertiary/aromatic N) is 1. The Bertz CT molecular complexity index is 2220. The fourth-order valence-corrected chi connectivity index (χ4v) is 17.3. The first-order chi connectivity index (χ1) is 28.2. The van der Waals surface area contributed by atoms with Crippen LogP contribution >= 0.6 is 39.4 Å². The molecule has 0 saturated heterocycles. The zero-order valence-electron chi connectivity index (χ0n) is 36.7. The predicted octanol–water partition coefficient (Wildman–Crippen LogP) is 13.1. The molecule has 60 heavy (non-hydrogen) atoms. The van der Waals surface area contributed by atoms with Gasteiger partial charge in [0.25, 0.3) is 0 Å². The number of allylic oxidation sites excluding steroid dienone is 4. The molecule has 8 rings (SSSR count). The Hall–Kier alpha value is -2.98. The van der Waals surface area contributed by atoms with E-state index in [1.165, 1.54) is 33.1 Å². The Labute approximate surface area is 386 Å².